The normalized spacial score (nSPS) is 15.0. The number of rotatable bonds is 11. The second kappa shape index (κ2) is 12.5. The Bertz CT molecular complexity index is 1080. The predicted molar refractivity (Wildman–Crippen MR) is 142 cm³/mol. The van der Waals surface area contributed by atoms with E-state index in [0.717, 1.165) is 62.1 Å². The smallest absolute Gasteiger partial charge is 0.251 e. The first kappa shape index (κ1) is 24.9. The van der Waals surface area contributed by atoms with Crippen molar-refractivity contribution in [2.24, 2.45) is 0 Å². The van der Waals surface area contributed by atoms with Crippen LogP contribution in [0.25, 0.3) is 11.1 Å². The van der Waals surface area contributed by atoms with Crippen LogP contribution in [0.1, 0.15) is 54.1 Å². The van der Waals surface area contributed by atoms with E-state index in [1.807, 2.05) is 42.6 Å². The van der Waals surface area contributed by atoms with Crippen LogP contribution < -0.4 is 10.1 Å². The number of nitrogens with zero attached hydrogens (tertiary/aromatic N) is 2. The third-order valence-corrected chi connectivity index (χ3v) is 6.96. The molecule has 1 atom stereocenters. The number of hydrogen-bond acceptors (Lipinski definition) is 4. The Hall–Kier alpha value is -3.18. The molecule has 184 valence electrons. The number of methoxy groups -OCH3 is 1. The Morgan fingerprint density at radius 2 is 1.91 bits per heavy atom. The molecule has 0 unspecified atom stereocenters. The fraction of sp³-hybridized carbons (Fsp3) is 0.400. The van der Waals surface area contributed by atoms with Gasteiger partial charge in [0.1, 0.15) is 5.75 Å². The summed E-state index contributed by atoms with van der Waals surface area (Å²) in [7, 11) is 1.77. The van der Waals surface area contributed by atoms with Crippen LogP contribution in [0.3, 0.4) is 0 Å². The number of nitrogens with one attached hydrogen (secondary N) is 1. The van der Waals surface area contributed by atoms with Gasteiger partial charge in [-0.3, -0.25) is 9.78 Å². The average Bonchev–Trinajstić information content (AvgIpc) is 2.92. The van der Waals surface area contributed by atoms with Crippen LogP contribution >= 0.6 is 0 Å². The fourth-order valence-corrected chi connectivity index (χ4v) is 5.11. The van der Waals surface area contributed by atoms with E-state index in [0.29, 0.717) is 18.2 Å². The minimum absolute atomic E-state index is 0.00835. The highest BCUT2D eigenvalue weighted by Gasteiger charge is 2.25. The van der Waals surface area contributed by atoms with Gasteiger partial charge in [-0.15, -0.1) is 0 Å². The van der Waals surface area contributed by atoms with Gasteiger partial charge in [-0.05, 0) is 98.1 Å². The number of pyridine rings is 1. The third kappa shape index (κ3) is 6.49. The van der Waals surface area contributed by atoms with Gasteiger partial charge >= 0.3 is 0 Å². The van der Waals surface area contributed by atoms with Gasteiger partial charge < -0.3 is 15.0 Å². The van der Waals surface area contributed by atoms with Crippen molar-refractivity contribution in [3.63, 3.8) is 0 Å². The highest BCUT2D eigenvalue weighted by molar-refractivity contribution is 5.94. The van der Waals surface area contributed by atoms with Crippen molar-refractivity contribution in [3.05, 3.63) is 83.7 Å². The summed E-state index contributed by atoms with van der Waals surface area (Å²) < 4.78 is 5.57. The predicted octanol–water partition coefficient (Wildman–Crippen LogP) is 5.54. The maximum Gasteiger partial charge on any atom is 0.251 e. The monoisotopic (exact) mass is 471 g/mol. The lowest BCUT2D eigenvalue weighted by Crippen LogP contribution is -2.40. The van der Waals surface area contributed by atoms with E-state index in [2.05, 4.69) is 40.3 Å². The minimum atomic E-state index is -0.00835. The summed E-state index contributed by atoms with van der Waals surface area (Å²) in [5.74, 6) is 1.02. The molecule has 0 fully saturated rings. The zero-order valence-electron chi connectivity index (χ0n) is 21.0. The van der Waals surface area contributed by atoms with Gasteiger partial charge in [0.15, 0.2) is 0 Å². The Morgan fingerprint density at radius 1 is 1.06 bits per heavy atom. The molecule has 5 heteroatoms. The van der Waals surface area contributed by atoms with Crippen molar-refractivity contribution in [2.45, 2.75) is 51.5 Å². The highest BCUT2D eigenvalue weighted by atomic mass is 16.5. The van der Waals surface area contributed by atoms with Crippen molar-refractivity contribution in [1.29, 1.82) is 0 Å². The van der Waals surface area contributed by atoms with E-state index in [1.54, 1.807) is 13.3 Å². The summed E-state index contributed by atoms with van der Waals surface area (Å²) in [5.41, 5.74) is 5.63. The lowest BCUT2D eigenvalue weighted by Gasteiger charge is -2.35. The van der Waals surface area contributed by atoms with Gasteiger partial charge in [-0.25, -0.2) is 0 Å². The zero-order chi connectivity index (χ0) is 24.5. The first-order valence-electron chi connectivity index (χ1n) is 12.9. The number of hydrogen-bond donors (Lipinski definition) is 1. The molecule has 3 aromatic rings. The Kier molecular flexibility index (Phi) is 8.90. The van der Waals surface area contributed by atoms with E-state index in [9.17, 15) is 4.79 Å². The van der Waals surface area contributed by atoms with Crippen molar-refractivity contribution in [1.82, 2.24) is 15.2 Å². The van der Waals surface area contributed by atoms with Crippen LogP contribution in [0.4, 0.5) is 0 Å². The van der Waals surface area contributed by atoms with E-state index in [1.165, 1.54) is 17.5 Å². The van der Waals surface area contributed by atoms with Crippen LogP contribution in [-0.4, -0.2) is 48.6 Å². The number of amides is 1. The molecular formula is C30H37N3O2. The van der Waals surface area contributed by atoms with E-state index in [-0.39, 0.29) is 5.91 Å². The van der Waals surface area contributed by atoms with Crippen molar-refractivity contribution >= 4 is 5.91 Å². The summed E-state index contributed by atoms with van der Waals surface area (Å²) in [4.78, 5) is 19.4. The largest absolute Gasteiger partial charge is 0.496 e. The second-order valence-corrected chi connectivity index (χ2v) is 9.31. The van der Waals surface area contributed by atoms with Crippen LogP contribution in [0.15, 0.2) is 67.0 Å². The topological polar surface area (TPSA) is 54.5 Å². The number of aromatic nitrogens is 1. The SMILES string of the molecule is CCCN(CCCCNC(=O)c1ccc(-c2cccnc2)cc1)[C@@H]1CCc2c(cccc2OC)C1. The molecule has 0 aliphatic heterocycles. The van der Waals surface area contributed by atoms with Crippen LogP contribution in [-0.2, 0) is 12.8 Å². The molecule has 1 aromatic heterocycles. The Labute approximate surface area is 209 Å². The van der Waals surface area contributed by atoms with Crippen molar-refractivity contribution < 1.29 is 9.53 Å². The average molecular weight is 472 g/mol. The number of unbranched alkanes of at least 4 members (excludes halogenated alkanes) is 1. The Morgan fingerprint density at radius 3 is 2.66 bits per heavy atom. The molecule has 5 nitrogen and oxygen atoms in total. The van der Waals surface area contributed by atoms with E-state index in [4.69, 9.17) is 4.74 Å². The fourth-order valence-electron chi connectivity index (χ4n) is 5.11. The van der Waals surface area contributed by atoms with Gasteiger partial charge in [0.05, 0.1) is 7.11 Å². The lowest BCUT2D eigenvalue weighted by molar-refractivity contribution is 0.0952. The van der Waals surface area contributed by atoms with Crippen LogP contribution in [0.5, 0.6) is 5.75 Å². The van der Waals surface area contributed by atoms with E-state index >= 15 is 0 Å². The molecule has 1 aliphatic carbocycles. The molecule has 4 rings (SSSR count). The number of fused-ring (bicyclic) bond motifs is 1. The second-order valence-electron chi connectivity index (χ2n) is 9.31. The first-order valence-corrected chi connectivity index (χ1v) is 12.9. The van der Waals surface area contributed by atoms with Crippen LogP contribution in [0.2, 0.25) is 0 Å². The lowest BCUT2D eigenvalue weighted by atomic mass is 9.86. The molecular weight excluding hydrogens is 434 g/mol. The molecule has 0 spiro atoms. The summed E-state index contributed by atoms with van der Waals surface area (Å²) in [6.07, 6.45) is 10.2. The number of ether oxygens (including phenoxy) is 1. The summed E-state index contributed by atoms with van der Waals surface area (Å²) in [6, 6.07) is 18.7. The zero-order valence-corrected chi connectivity index (χ0v) is 21.0. The maximum atomic E-state index is 12.6. The molecule has 1 heterocycles. The summed E-state index contributed by atoms with van der Waals surface area (Å²) in [6.45, 7) is 5.16. The molecule has 1 aliphatic rings. The third-order valence-electron chi connectivity index (χ3n) is 6.96. The van der Waals surface area contributed by atoms with Crippen molar-refractivity contribution in [3.8, 4) is 16.9 Å². The molecule has 0 saturated carbocycles. The minimum Gasteiger partial charge on any atom is -0.496 e. The van der Waals surface area contributed by atoms with Gasteiger partial charge in [0.2, 0.25) is 0 Å². The molecule has 2 aromatic carbocycles. The number of benzene rings is 2. The van der Waals surface area contributed by atoms with Gasteiger partial charge in [-0.1, -0.05) is 37.3 Å². The Balaban J connectivity index is 1.22. The van der Waals surface area contributed by atoms with E-state index < -0.39 is 0 Å². The van der Waals surface area contributed by atoms with Gasteiger partial charge in [0.25, 0.3) is 5.91 Å². The van der Waals surface area contributed by atoms with Crippen molar-refractivity contribution in [2.75, 3.05) is 26.7 Å². The van der Waals surface area contributed by atoms with Gasteiger partial charge in [0, 0.05) is 30.5 Å². The first-order chi connectivity index (χ1) is 17.2. The number of carbonyl (C=O) groups is 1. The molecule has 0 bridgehead atoms. The van der Waals surface area contributed by atoms with Crippen LogP contribution in [0, 0.1) is 0 Å². The molecule has 1 N–H and O–H groups in total. The standard InChI is InChI=1S/C30H37N3O2/c1-3-19-33(27-15-16-28-25(21-27)8-6-10-29(28)35-2)20-5-4-18-32-30(34)24-13-11-23(12-14-24)26-9-7-17-31-22-26/h6-14,17,22,27H,3-5,15-16,18-21H2,1-2H3,(H,32,34)/t27-/m1/s1. The number of carbonyl (C=O) groups excluding carboxylic acids is 1. The molecule has 35 heavy (non-hydrogen) atoms. The maximum absolute atomic E-state index is 12.6. The highest BCUT2D eigenvalue weighted by Crippen LogP contribution is 2.31. The molecule has 0 saturated heterocycles. The van der Waals surface area contributed by atoms with Gasteiger partial charge in [-0.2, -0.15) is 0 Å². The summed E-state index contributed by atoms with van der Waals surface area (Å²) in [5, 5.41) is 3.09. The molecule has 1 amide bonds. The quantitative estimate of drug-likeness (QED) is 0.373. The summed E-state index contributed by atoms with van der Waals surface area (Å²) >= 11 is 0. The molecule has 0 radical (unpaired) electrons.